The predicted octanol–water partition coefficient (Wildman–Crippen LogP) is 2.63. The van der Waals surface area contributed by atoms with Gasteiger partial charge in [-0.2, -0.15) is 21.6 Å². The molecule has 0 aromatic heterocycles. The largest absolute Gasteiger partial charge is 0.522 e. The quantitative estimate of drug-likeness (QED) is 0.392. The van der Waals surface area contributed by atoms with Crippen LogP contribution < -0.4 is 0 Å². The van der Waals surface area contributed by atoms with Gasteiger partial charge in [-0.05, 0) is 6.07 Å². The summed E-state index contributed by atoms with van der Waals surface area (Å²) in [6, 6.07) is 6.48. The lowest BCUT2D eigenvalue weighted by Gasteiger charge is -1.97. The molecule has 0 aliphatic rings. The Kier molecular flexibility index (Phi) is 5.65. The summed E-state index contributed by atoms with van der Waals surface area (Å²) in [6.07, 6.45) is 1.47. The van der Waals surface area contributed by atoms with Crippen molar-refractivity contribution >= 4 is 21.9 Å². The summed E-state index contributed by atoms with van der Waals surface area (Å²) in [5.41, 5.74) is -4.88. The molecule has 0 atom stereocenters. The van der Waals surface area contributed by atoms with Crippen LogP contribution in [0.2, 0.25) is 0 Å². The number of nitro benzene ring substituents is 1. The van der Waals surface area contributed by atoms with Gasteiger partial charge in [0, 0.05) is 6.07 Å². The Bertz CT molecular complexity index is 567. The molecule has 0 bridgehead atoms. The topological polar surface area (TPSA) is 97.5 Å². The molecule has 106 valence electrons. The number of nitro groups is 1. The Balaban J connectivity index is 0.000000362. The number of para-hydroxylation sites is 1. The molecular weight excluding hydrogens is 291 g/mol. The minimum atomic E-state index is -5.84. The summed E-state index contributed by atoms with van der Waals surface area (Å²) < 4.78 is 57.5. The first kappa shape index (κ1) is 17.1. The fraction of sp³-hybridized carbons (Fsp3) is 0.111. The van der Waals surface area contributed by atoms with E-state index in [1.54, 1.807) is 18.2 Å². The Morgan fingerprint density at radius 3 is 2.00 bits per heavy atom. The predicted molar refractivity (Wildman–Crippen MR) is 60.8 cm³/mol. The highest BCUT2D eigenvalue weighted by molar-refractivity contribution is 7.86. The van der Waals surface area contributed by atoms with Crippen molar-refractivity contribution in [2.45, 2.75) is 5.51 Å². The van der Waals surface area contributed by atoms with Gasteiger partial charge in [-0.15, -0.1) is 0 Å². The van der Waals surface area contributed by atoms with Gasteiger partial charge in [0.25, 0.3) is 5.69 Å². The molecule has 0 saturated heterocycles. The second-order valence-electron chi connectivity index (χ2n) is 2.94. The van der Waals surface area contributed by atoms with Gasteiger partial charge in [0.05, 0.1) is 10.5 Å². The Morgan fingerprint density at radius 1 is 1.32 bits per heavy atom. The maximum Gasteiger partial charge on any atom is 0.522 e. The van der Waals surface area contributed by atoms with Crippen molar-refractivity contribution in [1.82, 2.24) is 0 Å². The van der Waals surface area contributed by atoms with Gasteiger partial charge < -0.3 is 0 Å². The average Bonchev–Trinajstić information content (AvgIpc) is 2.27. The molecule has 1 rings (SSSR count). The fourth-order valence-corrected chi connectivity index (χ4v) is 0.826. The van der Waals surface area contributed by atoms with Gasteiger partial charge in [-0.3, -0.25) is 14.7 Å². The number of halogens is 3. The molecule has 6 nitrogen and oxygen atoms in total. The third kappa shape index (κ3) is 5.48. The zero-order valence-electron chi connectivity index (χ0n) is 9.16. The molecule has 0 heterocycles. The SMILES string of the molecule is C=Cc1ccccc1[N+](=O)[O-].O=S(=O)(O)C(F)(F)F. The summed E-state index contributed by atoms with van der Waals surface area (Å²) in [6.45, 7) is 3.47. The standard InChI is InChI=1S/C8H7NO2.CHF3O3S/c1-2-7-5-3-4-6-8(7)9(10)11;2-1(3,4)8(5,6)7/h2-6H,1H2;(H,5,6,7). The second-order valence-corrected chi connectivity index (χ2v) is 4.35. The normalized spacial score (nSPS) is 11.2. The second kappa shape index (κ2) is 6.29. The van der Waals surface area contributed by atoms with E-state index in [9.17, 15) is 23.3 Å². The smallest absolute Gasteiger partial charge is 0.279 e. The molecule has 19 heavy (non-hydrogen) atoms. The molecule has 0 fully saturated rings. The third-order valence-corrected chi connectivity index (χ3v) is 2.23. The fourth-order valence-electron chi connectivity index (χ4n) is 0.826. The van der Waals surface area contributed by atoms with Gasteiger partial charge in [0.2, 0.25) is 0 Å². The summed E-state index contributed by atoms with van der Waals surface area (Å²) in [5.74, 6) is 0. The van der Waals surface area contributed by atoms with Gasteiger partial charge in [-0.1, -0.05) is 24.8 Å². The van der Waals surface area contributed by atoms with Crippen molar-refractivity contribution < 1.29 is 31.1 Å². The summed E-state index contributed by atoms with van der Waals surface area (Å²) in [5, 5.41) is 10.3. The molecule has 0 saturated carbocycles. The summed E-state index contributed by atoms with van der Waals surface area (Å²) in [7, 11) is -5.84. The Morgan fingerprint density at radius 2 is 1.74 bits per heavy atom. The van der Waals surface area contributed by atoms with Crippen LogP contribution in [0.5, 0.6) is 0 Å². The molecule has 0 aliphatic heterocycles. The van der Waals surface area contributed by atoms with Crippen LogP contribution in [0.3, 0.4) is 0 Å². The highest BCUT2D eigenvalue weighted by atomic mass is 32.2. The van der Waals surface area contributed by atoms with Crippen LogP contribution in [0.25, 0.3) is 6.08 Å². The van der Waals surface area contributed by atoms with E-state index in [2.05, 4.69) is 6.58 Å². The first-order valence-corrected chi connectivity index (χ1v) is 5.84. The molecule has 0 spiro atoms. The summed E-state index contributed by atoms with van der Waals surface area (Å²) in [4.78, 5) is 9.92. The van der Waals surface area contributed by atoms with Crippen LogP contribution in [-0.4, -0.2) is 23.4 Å². The number of benzene rings is 1. The Labute approximate surface area is 106 Å². The monoisotopic (exact) mass is 299 g/mol. The van der Waals surface area contributed by atoms with Crippen LogP contribution >= 0.6 is 0 Å². The molecule has 10 heteroatoms. The van der Waals surface area contributed by atoms with Gasteiger partial charge >= 0.3 is 15.6 Å². The zero-order valence-corrected chi connectivity index (χ0v) is 9.98. The van der Waals surface area contributed by atoms with Crippen molar-refractivity contribution in [3.63, 3.8) is 0 Å². The first-order chi connectivity index (χ1) is 8.50. The van der Waals surface area contributed by atoms with Crippen molar-refractivity contribution in [1.29, 1.82) is 0 Å². The van der Waals surface area contributed by atoms with E-state index in [1.165, 1.54) is 12.1 Å². The maximum absolute atomic E-state index is 10.7. The van der Waals surface area contributed by atoms with E-state index in [1.807, 2.05) is 0 Å². The van der Waals surface area contributed by atoms with Crippen molar-refractivity contribution in [3.8, 4) is 0 Å². The van der Waals surface area contributed by atoms with E-state index in [4.69, 9.17) is 13.0 Å². The summed E-state index contributed by atoms with van der Waals surface area (Å²) >= 11 is 0. The minimum absolute atomic E-state index is 0.0995. The van der Waals surface area contributed by atoms with Crippen LogP contribution in [0.15, 0.2) is 30.8 Å². The third-order valence-electron chi connectivity index (χ3n) is 1.65. The first-order valence-electron chi connectivity index (χ1n) is 4.40. The van der Waals surface area contributed by atoms with Gasteiger partial charge in [0.1, 0.15) is 0 Å². The average molecular weight is 299 g/mol. The van der Waals surface area contributed by atoms with Crippen molar-refractivity contribution in [2.75, 3.05) is 0 Å². The van der Waals surface area contributed by atoms with Crippen LogP contribution in [0, 0.1) is 10.1 Å². The highest BCUT2D eigenvalue weighted by Crippen LogP contribution is 2.20. The van der Waals surface area contributed by atoms with E-state index >= 15 is 0 Å². The van der Waals surface area contributed by atoms with E-state index in [0.29, 0.717) is 5.56 Å². The number of nitrogens with zero attached hydrogens (tertiary/aromatic N) is 1. The molecule has 0 aliphatic carbocycles. The van der Waals surface area contributed by atoms with E-state index in [-0.39, 0.29) is 5.69 Å². The lowest BCUT2D eigenvalue weighted by molar-refractivity contribution is -0.385. The zero-order chi connectivity index (χ0) is 15.3. The lowest BCUT2D eigenvalue weighted by atomic mass is 10.2. The number of hydrogen-bond donors (Lipinski definition) is 1. The number of alkyl halides is 3. The molecule has 1 aromatic carbocycles. The maximum atomic E-state index is 10.7. The highest BCUT2D eigenvalue weighted by Gasteiger charge is 2.44. The molecular formula is C9H8F3NO5S. The van der Waals surface area contributed by atoms with E-state index < -0.39 is 20.5 Å². The van der Waals surface area contributed by atoms with Crippen molar-refractivity contribution in [2.24, 2.45) is 0 Å². The Hall–Kier alpha value is -1.94. The number of rotatable bonds is 2. The molecule has 1 aromatic rings. The lowest BCUT2D eigenvalue weighted by Crippen LogP contribution is -2.21. The molecule has 0 radical (unpaired) electrons. The van der Waals surface area contributed by atoms with Gasteiger partial charge in [0.15, 0.2) is 0 Å². The van der Waals surface area contributed by atoms with Crippen LogP contribution in [0.4, 0.5) is 18.9 Å². The molecule has 0 unspecified atom stereocenters. The van der Waals surface area contributed by atoms with Crippen molar-refractivity contribution in [3.05, 3.63) is 46.5 Å². The molecule has 1 N–H and O–H groups in total. The minimum Gasteiger partial charge on any atom is -0.279 e. The van der Waals surface area contributed by atoms with E-state index in [0.717, 1.165) is 0 Å². The molecule has 0 amide bonds. The van der Waals surface area contributed by atoms with Gasteiger partial charge in [-0.25, -0.2) is 0 Å². The van der Waals surface area contributed by atoms with Crippen LogP contribution in [0.1, 0.15) is 5.56 Å². The van der Waals surface area contributed by atoms with Crippen LogP contribution in [-0.2, 0) is 10.1 Å². The number of hydrogen-bond acceptors (Lipinski definition) is 4.